The highest BCUT2D eigenvalue weighted by Crippen LogP contribution is 2.22. The molecule has 0 fully saturated rings. The third-order valence-corrected chi connectivity index (χ3v) is 3.96. The summed E-state index contributed by atoms with van der Waals surface area (Å²) < 4.78 is 36.2. The molecule has 1 unspecified atom stereocenters. The quantitative estimate of drug-likeness (QED) is 0.937. The fraction of sp³-hybridized carbons (Fsp3) is 0.143. The molecule has 0 aliphatic carbocycles. The lowest BCUT2D eigenvalue weighted by molar-refractivity contribution is 0.601. The normalized spacial score (nSPS) is 13.2. The Hall–Kier alpha value is -1.72. The van der Waals surface area contributed by atoms with E-state index in [-0.39, 0.29) is 10.7 Å². The first-order valence-corrected chi connectivity index (χ1v) is 7.58. The second kappa shape index (κ2) is 5.11. The van der Waals surface area contributed by atoms with Crippen LogP contribution in [-0.2, 0) is 9.84 Å². The molecule has 2 aromatic carbocycles. The molecule has 0 aliphatic rings. The summed E-state index contributed by atoms with van der Waals surface area (Å²) in [6.07, 6.45) is 1.14. The fourth-order valence-corrected chi connectivity index (χ4v) is 2.51. The standard InChI is InChI=1S/C14H14FNO2S/c1-19(17,18)13-7-3-5-11(9-13)14(16)10-4-2-6-12(15)8-10/h2-9,14H,16H2,1H3. The van der Waals surface area contributed by atoms with Crippen molar-refractivity contribution in [3.63, 3.8) is 0 Å². The third kappa shape index (κ3) is 3.19. The Morgan fingerprint density at radius 2 is 1.63 bits per heavy atom. The minimum atomic E-state index is -3.28. The van der Waals surface area contributed by atoms with E-state index in [0.29, 0.717) is 11.1 Å². The Morgan fingerprint density at radius 1 is 1.05 bits per heavy atom. The van der Waals surface area contributed by atoms with Crippen LogP contribution in [0.4, 0.5) is 4.39 Å². The van der Waals surface area contributed by atoms with Crippen molar-refractivity contribution in [3.05, 3.63) is 65.5 Å². The first-order chi connectivity index (χ1) is 8.88. The summed E-state index contributed by atoms with van der Waals surface area (Å²) in [5, 5.41) is 0. The van der Waals surface area contributed by atoms with E-state index in [1.165, 1.54) is 24.3 Å². The Bertz CT molecular complexity index is 698. The largest absolute Gasteiger partial charge is 0.320 e. The highest BCUT2D eigenvalue weighted by molar-refractivity contribution is 7.90. The first-order valence-electron chi connectivity index (χ1n) is 5.69. The predicted molar refractivity (Wildman–Crippen MR) is 72.0 cm³/mol. The Labute approximate surface area is 111 Å². The number of sulfone groups is 1. The van der Waals surface area contributed by atoms with Crippen molar-refractivity contribution in [1.29, 1.82) is 0 Å². The molecule has 3 nitrogen and oxygen atoms in total. The molecule has 0 spiro atoms. The maximum atomic E-state index is 13.2. The van der Waals surface area contributed by atoms with Crippen LogP contribution in [0, 0.1) is 5.82 Å². The summed E-state index contributed by atoms with van der Waals surface area (Å²) in [5.41, 5.74) is 7.27. The Balaban J connectivity index is 2.42. The van der Waals surface area contributed by atoms with E-state index in [1.807, 2.05) is 0 Å². The molecule has 0 amide bonds. The zero-order chi connectivity index (χ0) is 14.0. The molecule has 2 N–H and O–H groups in total. The third-order valence-electron chi connectivity index (χ3n) is 2.85. The zero-order valence-electron chi connectivity index (χ0n) is 10.4. The van der Waals surface area contributed by atoms with E-state index >= 15 is 0 Å². The van der Waals surface area contributed by atoms with Crippen LogP contribution in [0.1, 0.15) is 17.2 Å². The molecule has 100 valence electrons. The van der Waals surface area contributed by atoms with Crippen molar-refractivity contribution < 1.29 is 12.8 Å². The van der Waals surface area contributed by atoms with Gasteiger partial charge in [0, 0.05) is 6.26 Å². The number of rotatable bonds is 3. The highest BCUT2D eigenvalue weighted by atomic mass is 32.2. The topological polar surface area (TPSA) is 60.2 Å². The fourth-order valence-electron chi connectivity index (χ4n) is 1.83. The maximum absolute atomic E-state index is 13.2. The molecule has 0 aliphatic heterocycles. The van der Waals surface area contributed by atoms with Gasteiger partial charge in [-0.2, -0.15) is 0 Å². The van der Waals surface area contributed by atoms with Crippen LogP contribution in [0.3, 0.4) is 0 Å². The SMILES string of the molecule is CS(=O)(=O)c1cccc(C(N)c2cccc(F)c2)c1. The molecule has 5 heteroatoms. The van der Waals surface area contributed by atoms with Gasteiger partial charge >= 0.3 is 0 Å². The average Bonchev–Trinajstić information content (AvgIpc) is 2.37. The summed E-state index contributed by atoms with van der Waals surface area (Å²) in [5.74, 6) is -0.368. The van der Waals surface area contributed by atoms with E-state index in [0.717, 1.165) is 6.26 Å². The highest BCUT2D eigenvalue weighted by Gasteiger charge is 2.13. The second-order valence-electron chi connectivity index (χ2n) is 4.38. The zero-order valence-corrected chi connectivity index (χ0v) is 11.2. The summed E-state index contributed by atoms with van der Waals surface area (Å²) in [6, 6.07) is 11.8. The van der Waals surface area contributed by atoms with Crippen LogP contribution in [0.5, 0.6) is 0 Å². The molecule has 0 radical (unpaired) electrons. The van der Waals surface area contributed by atoms with Crippen LogP contribution in [0.2, 0.25) is 0 Å². The lowest BCUT2D eigenvalue weighted by Crippen LogP contribution is -2.12. The molecule has 0 saturated heterocycles. The summed E-state index contributed by atoms with van der Waals surface area (Å²) >= 11 is 0. The molecular formula is C14H14FNO2S. The Kier molecular flexibility index (Phi) is 3.68. The van der Waals surface area contributed by atoms with Crippen LogP contribution in [0.15, 0.2) is 53.4 Å². The van der Waals surface area contributed by atoms with Crippen molar-refractivity contribution >= 4 is 9.84 Å². The molecule has 0 heterocycles. The van der Waals surface area contributed by atoms with E-state index in [2.05, 4.69) is 0 Å². The van der Waals surface area contributed by atoms with Crippen molar-refractivity contribution in [3.8, 4) is 0 Å². The van der Waals surface area contributed by atoms with Gasteiger partial charge in [0.05, 0.1) is 10.9 Å². The van der Waals surface area contributed by atoms with Crippen LogP contribution >= 0.6 is 0 Å². The van der Waals surface area contributed by atoms with Gasteiger partial charge in [-0.3, -0.25) is 0 Å². The molecule has 0 aromatic heterocycles. The van der Waals surface area contributed by atoms with E-state index in [9.17, 15) is 12.8 Å². The van der Waals surface area contributed by atoms with Crippen molar-refractivity contribution in [1.82, 2.24) is 0 Å². The van der Waals surface area contributed by atoms with Gasteiger partial charge < -0.3 is 5.73 Å². The number of hydrogen-bond acceptors (Lipinski definition) is 3. The van der Waals surface area contributed by atoms with E-state index < -0.39 is 15.9 Å². The lowest BCUT2D eigenvalue weighted by Gasteiger charge is -2.13. The number of nitrogens with two attached hydrogens (primary N) is 1. The van der Waals surface area contributed by atoms with Gasteiger partial charge in [0.25, 0.3) is 0 Å². The smallest absolute Gasteiger partial charge is 0.175 e. The molecule has 0 saturated carbocycles. The predicted octanol–water partition coefficient (Wildman–Crippen LogP) is 2.28. The van der Waals surface area contributed by atoms with Crippen molar-refractivity contribution in [2.75, 3.05) is 6.26 Å². The van der Waals surface area contributed by atoms with Gasteiger partial charge in [-0.25, -0.2) is 12.8 Å². The average molecular weight is 279 g/mol. The first kappa shape index (κ1) is 13.7. The van der Waals surface area contributed by atoms with Gasteiger partial charge in [-0.1, -0.05) is 24.3 Å². The Morgan fingerprint density at radius 3 is 2.21 bits per heavy atom. The van der Waals surface area contributed by atoms with Crippen molar-refractivity contribution in [2.24, 2.45) is 5.73 Å². The molecule has 1 atom stereocenters. The second-order valence-corrected chi connectivity index (χ2v) is 6.39. The minimum absolute atomic E-state index is 0.205. The maximum Gasteiger partial charge on any atom is 0.175 e. The van der Waals surface area contributed by atoms with Crippen LogP contribution in [-0.4, -0.2) is 14.7 Å². The summed E-state index contributed by atoms with van der Waals surface area (Å²) in [7, 11) is -3.28. The van der Waals surface area contributed by atoms with Crippen LogP contribution < -0.4 is 5.73 Å². The molecule has 19 heavy (non-hydrogen) atoms. The lowest BCUT2D eigenvalue weighted by atomic mass is 10.00. The van der Waals surface area contributed by atoms with Gasteiger partial charge in [0.2, 0.25) is 0 Å². The van der Waals surface area contributed by atoms with Gasteiger partial charge in [-0.05, 0) is 35.4 Å². The summed E-state index contributed by atoms with van der Waals surface area (Å²) in [4.78, 5) is 0.205. The van der Waals surface area contributed by atoms with Crippen LogP contribution in [0.25, 0.3) is 0 Å². The monoisotopic (exact) mass is 279 g/mol. The van der Waals surface area contributed by atoms with E-state index in [1.54, 1.807) is 24.3 Å². The summed E-state index contributed by atoms with van der Waals surface area (Å²) in [6.45, 7) is 0. The van der Waals surface area contributed by atoms with E-state index in [4.69, 9.17) is 5.73 Å². The van der Waals surface area contributed by atoms with Gasteiger partial charge in [0.1, 0.15) is 5.82 Å². The molecular weight excluding hydrogens is 265 g/mol. The number of benzene rings is 2. The van der Waals surface area contributed by atoms with Gasteiger partial charge in [-0.15, -0.1) is 0 Å². The minimum Gasteiger partial charge on any atom is -0.320 e. The molecule has 0 bridgehead atoms. The number of halogens is 1. The number of hydrogen-bond donors (Lipinski definition) is 1. The molecule has 2 rings (SSSR count). The van der Waals surface area contributed by atoms with Crippen molar-refractivity contribution in [2.45, 2.75) is 10.9 Å². The van der Waals surface area contributed by atoms with Gasteiger partial charge in [0.15, 0.2) is 9.84 Å². The molecule has 2 aromatic rings.